The summed E-state index contributed by atoms with van der Waals surface area (Å²) in [6, 6.07) is 9.69. The fourth-order valence-corrected chi connectivity index (χ4v) is 4.56. The van der Waals surface area contributed by atoms with Crippen molar-refractivity contribution in [3.8, 4) is 0 Å². The van der Waals surface area contributed by atoms with Crippen molar-refractivity contribution in [2.45, 2.75) is 49.9 Å². The molecule has 4 nitrogen and oxygen atoms in total. The Morgan fingerprint density at radius 3 is 2.37 bits per heavy atom. The van der Waals surface area contributed by atoms with Gasteiger partial charge in [0.1, 0.15) is 5.03 Å². The van der Waals surface area contributed by atoms with Crippen molar-refractivity contribution in [1.82, 2.24) is 14.8 Å². The van der Waals surface area contributed by atoms with Crippen LogP contribution >= 0.6 is 35.0 Å². The van der Waals surface area contributed by atoms with E-state index in [9.17, 15) is 0 Å². The predicted octanol–water partition coefficient (Wildman–Crippen LogP) is 6.34. The highest BCUT2D eigenvalue weighted by Crippen LogP contribution is 2.36. The van der Waals surface area contributed by atoms with E-state index in [0.717, 1.165) is 26.7 Å². The summed E-state index contributed by atoms with van der Waals surface area (Å²) >= 11 is 13.9. The Morgan fingerprint density at radius 1 is 1.07 bits per heavy atom. The maximum atomic E-state index is 6.17. The smallest absolute Gasteiger partial charge is 0.105 e. The van der Waals surface area contributed by atoms with E-state index in [4.69, 9.17) is 33.0 Å². The average molecular weight is 422 g/mol. The van der Waals surface area contributed by atoms with E-state index in [0.29, 0.717) is 23.3 Å². The minimum atomic E-state index is 0.231. The van der Waals surface area contributed by atoms with Crippen LogP contribution in [0.1, 0.15) is 36.7 Å². The van der Waals surface area contributed by atoms with Gasteiger partial charge in [0.15, 0.2) is 0 Å². The first-order chi connectivity index (χ1) is 12.9. The van der Waals surface area contributed by atoms with E-state index in [2.05, 4.69) is 18.8 Å². The Morgan fingerprint density at radius 2 is 1.74 bits per heavy atom. The van der Waals surface area contributed by atoms with Crippen LogP contribution in [0.3, 0.4) is 0 Å². The topological polar surface area (TPSA) is 39.9 Å². The molecular formula is C20H21Cl2N3OS. The lowest BCUT2D eigenvalue weighted by Crippen LogP contribution is -2.05. The van der Waals surface area contributed by atoms with Gasteiger partial charge in [-0.15, -0.1) is 0 Å². The summed E-state index contributed by atoms with van der Waals surface area (Å²) in [6.45, 7) is 7.25. The fourth-order valence-electron chi connectivity index (χ4n) is 2.63. The highest BCUT2D eigenvalue weighted by Gasteiger charge is 2.19. The average Bonchev–Trinajstić information content (AvgIpc) is 2.91. The fraction of sp³-hybridized carbons (Fsp3) is 0.300. The minimum Gasteiger partial charge on any atom is -0.372 e. The predicted molar refractivity (Wildman–Crippen MR) is 111 cm³/mol. The van der Waals surface area contributed by atoms with Crippen LogP contribution in [0.5, 0.6) is 0 Å². The third-order valence-electron chi connectivity index (χ3n) is 3.96. The number of aryl methyl sites for hydroxylation is 1. The summed E-state index contributed by atoms with van der Waals surface area (Å²) in [5.41, 5.74) is 3.14. The molecule has 0 saturated carbocycles. The molecule has 0 saturated heterocycles. The van der Waals surface area contributed by atoms with Gasteiger partial charge in [-0.2, -0.15) is 5.10 Å². The minimum absolute atomic E-state index is 0.231. The molecule has 1 aromatic carbocycles. The third-order valence-corrected chi connectivity index (χ3v) is 5.50. The number of benzene rings is 1. The Bertz CT molecular complexity index is 893. The third kappa shape index (κ3) is 5.26. The lowest BCUT2D eigenvalue weighted by atomic mass is 10.2. The molecule has 142 valence electrons. The van der Waals surface area contributed by atoms with Crippen LogP contribution in [0.15, 0.2) is 52.6 Å². The Labute approximate surface area is 173 Å². The molecule has 0 atom stereocenters. The van der Waals surface area contributed by atoms with Crippen molar-refractivity contribution in [1.29, 1.82) is 0 Å². The largest absolute Gasteiger partial charge is 0.372 e. The van der Waals surface area contributed by atoms with Gasteiger partial charge in [0.25, 0.3) is 0 Å². The number of aromatic nitrogens is 3. The number of hydrogen-bond acceptors (Lipinski definition) is 4. The second-order valence-electron chi connectivity index (χ2n) is 6.46. The summed E-state index contributed by atoms with van der Waals surface area (Å²) in [5, 5.41) is 7.00. The molecular weight excluding hydrogens is 401 g/mol. The zero-order valence-electron chi connectivity index (χ0n) is 15.4. The van der Waals surface area contributed by atoms with Gasteiger partial charge < -0.3 is 4.74 Å². The van der Waals surface area contributed by atoms with Gasteiger partial charge in [0.05, 0.1) is 18.9 Å². The molecule has 0 radical (unpaired) electrons. The molecule has 0 fully saturated rings. The highest BCUT2D eigenvalue weighted by atomic mass is 35.5. The quantitative estimate of drug-likeness (QED) is 0.445. The van der Waals surface area contributed by atoms with Crippen LogP contribution in [-0.4, -0.2) is 14.8 Å². The molecule has 3 rings (SSSR count). The number of hydrogen-bond donors (Lipinski definition) is 0. The van der Waals surface area contributed by atoms with E-state index in [1.54, 1.807) is 30.2 Å². The van der Waals surface area contributed by atoms with Crippen molar-refractivity contribution in [2.24, 2.45) is 0 Å². The molecule has 2 aromatic heterocycles. The van der Waals surface area contributed by atoms with Gasteiger partial charge in [-0.05, 0) is 56.7 Å². The van der Waals surface area contributed by atoms with Crippen LogP contribution in [-0.2, 0) is 18.0 Å². The monoisotopic (exact) mass is 421 g/mol. The molecule has 0 unspecified atom stereocenters. The molecule has 0 amide bonds. The van der Waals surface area contributed by atoms with Crippen molar-refractivity contribution < 1.29 is 4.74 Å². The normalized spacial score (nSPS) is 11.3. The lowest BCUT2D eigenvalue weighted by Gasteiger charge is -2.13. The molecule has 3 aromatic rings. The lowest BCUT2D eigenvalue weighted by molar-refractivity contribution is 0.105. The molecule has 0 aliphatic heterocycles. The standard InChI is InChI=1S/C20H21Cl2N3OS/c1-13(2)25-20(27-18-9-16(21)8-17(22)10-18)19(14(3)24-25)12-26-11-15-4-6-23-7-5-15/h4-10,13H,11-12H2,1-3H3. The molecule has 0 aliphatic rings. The van der Waals surface area contributed by atoms with Crippen molar-refractivity contribution in [3.05, 3.63) is 69.6 Å². The van der Waals surface area contributed by atoms with Gasteiger partial charge in [-0.25, -0.2) is 0 Å². The first-order valence-electron chi connectivity index (χ1n) is 8.62. The molecule has 7 heteroatoms. The number of ether oxygens (including phenoxy) is 1. The molecule has 0 spiro atoms. The van der Waals surface area contributed by atoms with Crippen LogP contribution in [0, 0.1) is 6.92 Å². The highest BCUT2D eigenvalue weighted by molar-refractivity contribution is 7.99. The maximum absolute atomic E-state index is 6.17. The zero-order chi connectivity index (χ0) is 19.4. The Kier molecular flexibility index (Phi) is 6.82. The summed E-state index contributed by atoms with van der Waals surface area (Å²) in [6.07, 6.45) is 3.54. The molecule has 27 heavy (non-hydrogen) atoms. The summed E-state index contributed by atoms with van der Waals surface area (Å²) in [4.78, 5) is 5.01. The SMILES string of the molecule is Cc1nn(C(C)C)c(Sc2cc(Cl)cc(Cl)c2)c1COCc1ccncc1. The van der Waals surface area contributed by atoms with Gasteiger partial charge in [-0.3, -0.25) is 9.67 Å². The number of halogens is 2. The number of pyridine rings is 1. The van der Waals surface area contributed by atoms with Crippen LogP contribution in [0.4, 0.5) is 0 Å². The van der Waals surface area contributed by atoms with E-state index >= 15 is 0 Å². The van der Waals surface area contributed by atoms with E-state index in [1.165, 1.54) is 0 Å². The summed E-state index contributed by atoms with van der Waals surface area (Å²) in [7, 11) is 0. The van der Waals surface area contributed by atoms with Crippen LogP contribution in [0.2, 0.25) is 10.0 Å². The van der Waals surface area contributed by atoms with Gasteiger partial charge in [0, 0.05) is 38.9 Å². The zero-order valence-corrected chi connectivity index (χ0v) is 17.8. The first-order valence-corrected chi connectivity index (χ1v) is 10.2. The molecule has 2 heterocycles. The van der Waals surface area contributed by atoms with Gasteiger partial charge in [0.2, 0.25) is 0 Å². The number of rotatable bonds is 7. The van der Waals surface area contributed by atoms with E-state index in [-0.39, 0.29) is 6.04 Å². The van der Waals surface area contributed by atoms with Crippen LogP contribution in [0.25, 0.3) is 0 Å². The molecule has 0 N–H and O–H groups in total. The van der Waals surface area contributed by atoms with Crippen molar-refractivity contribution in [3.63, 3.8) is 0 Å². The summed E-state index contributed by atoms with van der Waals surface area (Å²) in [5.74, 6) is 0. The second-order valence-corrected chi connectivity index (χ2v) is 8.40. The van der Waals surface area contributed by atoms with Gasteiger partial charge in [-0.1, -0.05) is 35.0 Å². The number of nitrogens with zero attached hydrogens (tertiary/aromatic N) is 3. The summed E-state index contributed by atoms with van der Waals surface area (Å²) < 4.78 is 7.99. The Balaban J connectivity index is 1.84. The Hall–Kier alpha value is -1.53. The van der Waals surface area contributed by atoms with Gasteiger partial charge >= 0.3 is 0 Å². The molecule has 0 aliphatic carbocycles. The van der Waals surface area contributed by atoms with Crippen molar-refractivity contribution >= 4 is 35.0 Å². The molecule has 0 bridgehead atoms. The first kappa shape index (κ1) is 20.2. The van der Waals surface area contributed by atoms with Crippen LogP contribution < -0.4 is 0 Å². The van der Waals surface area contributed by atoms with E-state index < -0.39 is 0 Å². The maximum Gasteiger partial charge on any atom is 0.105 e. The van der Waals surface area contributed by atoms with Crippen molar-refractivity contribution in [2.75, 3.05) is 0 Å². The van der Waals surface area contributed by atoms with E-state index in [1.807, 2.05) is 35.9 Å². The second kappa shape index (κ2) is 9.11.